The van der Waals surface area contributed by atoms with Crippen molar-refractivity contribution in [1.82, 2.24) is 5.32 Å². The van der Waals surface area contributed by atoms with Gasteiger partial charge in [0.15, 0.2) is 0 Å². The molecule has 2 nitrogen and oxygen atoms in total. The topological polar surface area (TPSA) is 35.8 Å². The van der Waals surface area contributed by atoms with E-state index in [-0.39, 0.29) is 0 Å². The van der Waals surface area contributed by atoms with Crippen LogP contribution in [-0.4, -0.2) is 12.4 Å². The van der Waals surface area contributed by atoms with Crippen molar-refractivity contribution in [3.05, 3.63) is 41.5 Å². The number of hydrogen-bond acceptors (Lipinski definition) is 3. The van der Waals surface area contributed by atoms with Crippen LogP contribution in [0.2, 0.25) is 0 Å². The molecule has 0 saturated heterocycles. The summed E-state index contributed by atoms with van der Waals surface area (Å²) in [5.74, 6) is 0. The van der Waals surface area contributed by atoms with Gasteiger partial charge in [0.05, 0.1) is 11.3 Å². The van der Waals surface area contributed by atoms with Crippen LogP contribution in [0.25, 0.3) is 5.70 Å². The molecule has 0 aliphatic rings. The SMILES string of the molecule is CN/C(=C(/C#N)C=S)c1ccccc1. The Bertz CT molecular complexity index is 387. The van der Waals surface area contributed by atoms with Crippen LogP contribution in [0.5, 0.6) is 0 Å². The normalized spacial score (nSPS) is 11.1. The fourth-order valence-electron chi connectivity index (χ4n) is 1.18. The lowest BCUT2D eigenvalue weighted by molar-refractivity contribution is 1.12. The Kier molecular flexibility index (Phi) is 3.84. The first-order valence-electron chi connectivity index (χ1n) is 4.16. The molecule has 0 amide bonds. The van der Waals surface area contributed by atoms with Crippen molar-refractivity contribution in [2.75, 3.05) is 7.05 Å². The van der Waals surface area contributed by atoms with E-state index in [9.17, 15) is 0 Å². The van der Waals surface area contributed by atoms with E-state index in [1.807, 2.05) is 30.3 Å². The molecule has 0 radical (unpaired) electrons. The number of nitriles is 1. The van der Waals surface area contributed by atoms with Gasteiger partial charge in [-0.15, -0.1) is 0 Å². The minimum Gasteiger partial charge on any atom is -0.387 e. The van der Waals surface area contributed by atoms with Crippen molar-refractivity contribution in [2.45, 2.75) is 0 Å². The third-order valence-corrected chi connectivity index (χ3v) is 2.06. The summed E-state index contributed by atoms with van der Waals surface area (Å²) in [4.78, 5) is 0. The van der Waals surface area contributed by atoms with Crippen LogP contribution in [0.1, 0.15) is 5.56 Å². The Labute approximate surface area is 88.9 Å². The molecule has 70 valence electrons. The molecule has 3 heteroatoms. The van der Waals surface area contributed by atoms with E-state index in [2.05, 4.69) is 11.4 Å². The van der Waals surface area contributed by atoms with E-state index in [0.717, 1.165) is 11.3 Å². The van der Waals surface area contributed by atoms with E-state index in [0.29, 0.717) is 5.57 Å². The Morgan fingerprint density at radius 3 is 2.50 bits per heavy atom. The van der Waals surface area contributed by atoms with Gasteiger partial charge in [-0.25, -0.2) is 0 Å². The van der Waals surface area contributed by atoms with Gasteiger partial charge in [-0.3, -0.25) is 0 Å². The van der Waals surface area contributed by atoms with E-state index >= 15 is 0 Å². The van der Waals surface area contributed by atoms with Gasteiger partial charge in [-0.05, 0) is 5.56 Å². The summed E-state index contributed by atoms with van der Waals surface area (Å²) in [6, 6.07) is 11.7. The van der Waals surface area contributed by atoms with Crippen molar-refractivity contribution in [3.63, 3.8) is 0 Å². The maximum absolute atomic E-state index is 8.84. The zero-order valence-corrected chi connectivity index (χ0v) is 8.64. The van der Waals surface area contributed by atoms with Gasteiger partial charge in [-0.1, -0.05) is 42.5 Å². The summed E-state index contributed by atoms with van der Waals surface area (Å²) in [5.41, 5.74) is 2.21. The molecule has 0 saturated carbocycles. The molecule has 0 aliphatic carbocycles. The monoisotopic (exact) mass is 202 g/mol. The molecule has 0 fully saturated rings. The molecular weight excluding hydrogens is 192 g/mol. The standard InChI is InChI=1S/C11H10N2S/c1-13-11(10(7-12)8-14)9-5-3-2-4-6-9/h2-6,8,13H,1H3/b11-10-. The van der Waals surface area contributed by atoms with Crippen LogP contribution in [0.15, 0.2) is 35.9 Å². The zero-order chi connectivity index (χ0) is 10.4. The Hall–Kier alpha value is -1.66. The number of nitrogens with zero attached hydrogens (tertiary/aromatic N) is 1. The number of hydrogen-bond donors (Lipinski definition) is 1. The highest BCUT2D eigenvalue weighted by atomic mass is 32.1. The number of benzene rings is 1. The van der Waals surface area contributed by atoms with Crippen molar-refractivity contribution >= 4 is 23.3 Å². The predicted molar refractivity (Wildman–Crippen MR) is 61.7 cm³/mol. The highest BCUT2D eigenvalue weighted by Crippen LogP contribution is 2.13. The summed E-state index contributed by atoms with van der Waals surface area (Å²) in [6.07, 6.45) is 0. The molecule has 0 aliphatic heterocycles. The molecule has 0 atom stereocenters. The van der Waals surface area contributed by atoms with Gasteiger partial charge in [0.25, 0.3) is 0 Å². The van der Waals surface area contributed by atoms with Crippen molar-refractivity contribution in [2.24, 2.45) is 0 Å². The van der Waals surface area contributed by atoms with Gasteiger partial charge in [0.1, 0.15) is 6.07 Å². The summed E-state index contributed by atoms with van der Waals surface area (Å²) in [7, 11) is 1.78. The van der Waals surface area contributed by atoms with E-state index in [1.165, 1.54) is 5.37 Å². The van der Waals surface area contributed by atoms with Gasteiger partial charge in [0, 0.05) is 12.4 Å². The van der Waals surface area contributed by atoms with Crippen LogP contribution < -0.4 is 5.32 Å². The first-order chi connectivity index (χ1) is 6.83. The minimum absolute atomic E-state index is 0.480. The third kappa shape index (κ3) is 2.18. The Morgan fingerprint density at radius 2 is 2.07 bits per heavy atom. The third-order valence-electron chi connectivity index (χ3n) is 1.82. The first kappa shape index (κ1) is 10.4. The smallest absolute Gasteiger partial charge is 0.102 e. The van der Waals surface area contributed by atoms with Crippen LogP contribution in [0, 0.1) is 11.3 Å². The average Bonchev–Trinajstić information content (AvgIpc) is 2.27. The van der Waals surface area contributed by atoms with E-state index < -0.39 is 0 Å². The molecule has 1 aromatic carbocycles. The molecular formula is C11H10N2S. The van der Waals surface area contributed by atoms with Crippen molar-refractivity contribution < 1.29 is 0 Å². The van der Waals surface area contributed by atoms with Crippen molar-refractivity contribution in [1.29, 1.82) is 5.26 Å². The minimum atomic E-state index is 0.480. The number of rotatable bonds is 3. The maximum atomic E-state index is 8.84. The number of allylic oxidation sites excluding steroid dienone is 1. The van der Waals surface area contributed by atoms with Crippen LogP contribution in [0.3, 0.4) is 0 Å². The van der Waals surface area contributed by atoms with Gasteiger partial charge >= 0.3 is 0 Å². The Morgan fingerprint density at radius 1 is 1.43 bits per heavy atom. The van der Waals surface area contributed by atoms with Crippen LogP contribution >= 0.6 is 12.2 Å². The maximum Gasteiger partial charge on any atom is 0.102 e. The van der Waals surface area contributed by atoms with E-state index in [4.69, 9.17) is 17.5 Å². The molecule has 1 aromatic rings. The lowest BCUT2D eigenvalue weighted by atomic mass is 10.1. The van der Waals surface area contributed by atoms with Crippen LogP contribution in [-0.2, 0) is 0 Å². The van der Waals surface area contributed by atoms with E-state index in [1.54, 1.807) is 7.05 Å². The lowest BCUT2D eigenvalue weighted by Gasteiger charge is -2.07. The molecule has 0 bridgehead atoms. The van der Waals surface area contributed by atoms with Gasteiger partial charge < -0.3 is 5.32 Å². The Balaban J connectivity index is 3.24. The van der Waals surface area contributed by atoms with Gasteiger partial charge in [-0.2, -0.15) is 5.26 Å². The fraction of sp³-hybridized carbons (Fsp3) is 0.0909. The van der Waals surface area contributed by atoms with Crippen LogP contribution in [0.4, 0.5) is 0 Å². The molecule has 0 spiro atoms. The fourth-order valence-corrected chi connectivity index (χ4v) is 1.35. The summed E-state index contributed by atoms with van der Waals surface area (Å²) < 4.78 is 0. The average molecular weight is 202 g/mol. The molecule has 1 rings (SSSR count). The predicted octanol–water partition coefficient (Wildman–Crippen LogP) is 2.14. The quantitative estimate of drug-likeness (QED) is 0.463. The second-order valence-corrected chi connectivity index (χ2v) is 2.87. The second-order valence-electron chi connectivity index (χ2n) is 2.63. The molecule has 0 aromatic heterocycles. The number of nitrogens with one attached hydrogen (secondary N) is 1. The summed E-state index contributed by atoms with van der Waals surface area (Å²) in [5, 5.41) is 13.2. The molecule has 14 heavy (non-hydrogen) atoms. The summed E-state index contributed by atoms with van der Waals surface area (Å²) in [6.45, 7) is 0. The lowest BCUT2D eigenvalue weighted by Crippen LogP contribution is -2.07. The first-order valence-corrected chi connectivity index (χ1v) is 4.63. The number of thiocarbonyl (C=S) groups is 1. The highest BCUT2D eigenvalue weighted by molar-refractivity contribution is 7.79. The highest BCUT2D eigenvalue weighted by Gasteiger charge is 2.03. The summed E-state index contributed by atoms with van der Waals surface area (Å²) >= 11 is 4.77. The second kappa shape index (κ2) is 5.15. The molecule has 0 unspecified atom stereocenters. The molecule has 1 N–H and O–H groups in total. The largest absolute Gasteiger partial charge is 0.387 e. The van der Waals surface area contributed by atoms with Gasteiger partial charge in [0.2, 0.25) is 0 Å². The molecule has 0 heterocycles. The van der Waals surface area contributed by atoms with Crippen molar-refractivity contribution in [3.8, 4) is 6.07 Å². The zero-order valence-electron chi connectivity index (χ0n) is 7.82.